The predicted molar refractivity (Wildman–Crippen MR) is 75.1 cm³/mol. The van der Waals surface area contributed by atoms with E-state index in [1.807, 2.05) is 6.92 Å². The number of nitrogens with one attached hydrogen (secondary N) is 1. The zero-order valence-corrected chi connectivity index (χ0v) is 11.9. The number of hydrogen-bond acceptors (Lipinski definition) is 2. The molecule has 1 aliphatic rings. The molecule has 1 aromatic carbocycles. The van der Waals surface area contributed by atoms with Gasteiger partial charge in [-0.05, 0) is 44.0 Å². The Morgan fingerprint density at radius 3 is 2.81 bits per heavy atom. The third kappa shape index (κ3) is 3.75. The monoisotopic (exact) mass is 300 g/mol. The van der Waals surface area contributed by atoms with Crippen molar-refractivity contribution in [1.29, 1.82) is 0 Å². The summed E-state index contributed by atoms with van der Waals surface area (Å²) in [5, 5.41) is 3.15. The Balaban J connectivity index is 2.19. The van der Waals surface area contributed by atoms with E-state index in [0.717, 1.165) is 37.9 Å². The number of carbonyl (C=O) groups is 1. The van der Waals surface area contributed by atoms with Gasteiger partial charge in [0.05, 0.1) is 11.6 Å². The van der Waals surface area contributed by atoms with Gasteiger partial charge in [0.15, 0.2) is 0 Å². The number of anilines is 1. The fourth-order valence-corrected chi connectivity index (χ4v) is 2.49. The molecule has 1 aliphatic heterocycles. The maximum Gasteiger partial charge on any atom is 0.416 e. The molecule has 1 N–H and O–H groups in total. The molecular formula is C15H19F3N2O. The SMILES string of the molecule is CCCNC1CCCN(c2cccc(C(F)(F)F)c2)C1=O. The lowest BCUT2D eigenvalue weighted by Crippen LogP contribution is -2.51. The summed E-state index contributed by atoms with van der Waals surface area (Å²) in [6.45, 7) is 3.20. The molecular weight excluding hydrogens is 281 g/mol. The normalized spacial score (nSPS) is 19.9. The summed E-state index contributed by atoms with van der Waals surface area (Å²) in [5.41, 5.74) is -0.408. The largest absolute Gasteiger partial charge is 0.416 e. The number of benzene rings is 1. The minimum absolute atomic E-state index is 0.144. The van der Waals surface area contributed by atoms with Gasteiger partial charge in [0.25, 0.3) is 0 Å². The van der Waals surface area contributed by atoms with Crippen molar-refractivity contribution >= 4 is 11.6 Å². The van der Waals surface area contributed by atoms with Crippen molar-refractivity contribution < 1.29 is 18.0 Å². The van der Waals surface area contributed by atoms with Gasteiger partial charge in [-0.3, -0.25) is 4.79 Å². The molecule has 1 atom stereocenters. The van der Waals surface area contributed by atoms with Crippen LogP contribution < -0.4 is 10.2 Å². The van der Waals surface area contributed by atoms with Gasteiger partial charge in [-0.2, -0.15) is 13.2 Å². The van der Waals surface area contributed by atoms with E-state index in [0.29, 0.717) is 12.2 Å². The average molecular weight is 300 g/mol. The van der Waals surface area contributed by atoms with Crippen molar-refractivity contribution in [1.82, 2.24) is 5.32 Å². The van der Waals surface area contributed by atoms with Crippen LogP contribution in [-0.4, -0.2) is 25.0 Å². The van der Waals surface area contributed by atoms with E-state index in [1.54, 1.807) is 6.07 Å². The summed E-state index contributed by atoms with van der Waals surface area (Å²) in [5.74, 6) is -0.144. The van der Waals surface area contributed by atoms with Crippen LogP contribution in [0.15, 0.2) is 24.3 Å². The number of hydrogen-bond donors (Lipinski definition) is 1. The fraction of sp³-hybridized carbons (Fsp3) is 0.533. The highest BCUT2D eigenvalue weighted by Crippen LogP contribution is 2.32. The smallest absolute Gasteiger partial charge is 0.311 e. The summed E-state index contributed by atoms with van der Waals surface area (Å²) >= 11 is 0. The third-order valence-electron chi connectivity index (χ3n) is 3.56. The number of amides is 1. The summed E-state index contributed by atoms with van der Waals surface area (Å²) in [7, 11) is 0. The number of nitrogens with zero attached hydrogens (tertiary/aromatic N) is 1. The molecule has 116 valence electrons. The van der Waals surface area contributed by atoms with Gasteiger partial charge in [0, 0.05) is 12.2 Å². The van der Waals surface area contributed by atoms with Crippen LogP contribution >= 0.6 is 0 Å². The molecule has 0 spiro atoms. The first-order chi connectivity index (χ1) is 9.93. The topological polar surface area (TPSA) is 32.3 Å². The highest BCUT2D eigenvalue weighted by molar-refractivity contribution is 5.98. The van der Waals surface area contributed by atoms with E-state index >= 15 is 0 Å². The molecule has 0 radical (unpaired) electrons. The third-order valence-corrected chi connectivity index (χ3v) is 3.56. The minimum atomic E-state index is -4.39. The van der Waals surface area contributed by atoms with Crippen molar-refractivity contribution in [2.75, 3.05) is 18.0 Å². The minimum Gasteiger partial charge on any atom is -0.311 e. The summed E-state index contributed by atoms with van der Waals surface area (Å²) < 4.78 is 38.3. The van der Waals surface area contributed by atoms with E-state index < -0.39 is 11.7 Å². The highest BCUT2D eigenvalue weighted by Gasteiger charge is 2.33. The second-order valence-electron chi connectivity index (χ2n) is 5.19. The Kier molecular flexibility index (Phi) is 4.88. The second-order valence-corrected chi connectivity index (χ2v) is 5.19. The predicted octanol–water partition coefficient (Wildman–Crippen LogP) is 3.20. The van der Waals surface area contributed by atoms with Gasteiger partial charge in [0.1, 0.15) is 0 Å². The van der Waals surface area contributed by atoms with Crippen molar-refractivity contribution in [3.8, 4) is 0 Å². The Morgan fingerprint density at radius 1 is 1.38 bits per heavy atom. The molecule has 0 bridgehead atoms. The molecule has 1 unspecified atom stereocenters. The second kappa shape index (κ2) is 6.47. The maximum absolute atomic E-state index is 12.8. The molecule has 6 heteroatoms. The summed E-state index contributed by atoms with van der Waals surface area (Å²) in [6.07, 6.45) is -1.97. The van der Waals surface area contributed by atoms with Crippen molar-refractivity contribution in [3.05, 3.63) is 29.8 Å². The number of carbonyl (C=O) groups excluding carboxylic acids is 1. The summed E-state index contributed by atoms with van der Waals surface area (Å²) in [6, 6.07) is 4.66. The first-order valence-corrected chi connectivity index (χ1v) is 7.15. The molecule has 0 aromatic heterocycles. The van der Waals surface area contributed by atoms with Crippen LogP contribution in [0.3, 0.4) is 0 Å². The van der Waals surface area contributed by atoms with Crippen LogP contribution in [0.2, 0.25) is 0 Å². The van der Waals surface area contributed by atoms with Crippen molar-refractivity contribution in [2.45, 2.75) is 38.4 Å². The van der Waals surface area contributed by atoms with Crippen LogP contribution in [0.25, 0.3) is 0 Å². The van der Waals surface area contributed by atoms with Crippen LogP contribution in [0.4, 0.5) is 18.9 Å². The lowest BCUT2D eigenvalue weighted by Gasteiger charge is -2.33. The Hall–Kier alpha value is -1.56. The molecule has 0 aliphatic carbocycles. The zero-order valence-electron chi connectivity index (χ0n) is 11.9. The van der Waals surface area contributed by atoms with Crippen LogP contribution in [0.5, 0.6) is 0 Å². The standard InChI is InChI=1S/C15H19F3N2O/c1-2-8-19-13-7-4-9-20(14(13)21)12-6-3-5-11(10-12)15(16,17)18/h3,5-6,10,13,19H,2,4,7-9H2,1H3. The first-order valence-electron chi connectivity index (χ1n) is 7.15. The molecule has 0 saturated carbocycles. The maximum atomic E-state index is 12.8. The van der Waals surface area contributed by atoms with Crippen LogP contribution in [0.1, 0.15) is 31.7 Å². The van der Waals surface area contributed by atoms with Gasteiger partial charge >= 0.3 is 6.18 Å². The molecule has 1 fully saturated rings. The quantitative estimate of drug-likeness (QED) is 0.926. The molecule has 1 heterocycles. The lowest BCUT2D eigenvalue weighted by atomic mass is 10.0. The van der Waals surface area contributed by atoms with E-state index in [1.165, 1.54) is 11.0 Å². The Morgan fingerprint density at radius 2 is 2.14 bits per heavy atom. The van der Waals surface area contributed by atoms with Crippen molar-refractivity contribution in [2.24, 2.45) is 0 Å². The highest BCUT2D eigenvalue weighted by atomic mass is 19.4. The van der Waals surface area contributed by atoms with E-state index in [-0.39, 0.29) is 11.9 Å². The van der Waals surface area contributed by atoms with Crippen LogP contribution in [0, 0.1) is 0 Å². The summed E-state index contributed by atoms with van der Waals surface area (Å²) in [4.78, 5) is 13.8. The lowest BCUT2D eigenvalue weighted by molar-refractivity contribution is -0.137. The average Bonchev–Trinajstić information content (AvgIpc) is 2.45. The fourth-order valence-electron chi connectivity index (χ4n) is 2.49. The number of halogens is 3. The number of rotatable bonds is 4. The Bertz CT molecular complexity index is 502. The molecule has 21 heavy (non-hydrogen) atoms. The van der Waals surface area contributed by atoms with E-state index in [9.17, 15) is 18.0 Å². The Labute approximate surface area is 122 Å². The van der Waals surface area contributed by atoms with E-state index in [2.05, 4.69) is 5.32 Å². The van der Waals surface area contributed by atoms with Gasteiger partial charge in [-0.1, -0.05) is 13.0 Å². The van der Waals surface area contributed by atoms with E-state index in [4.69, 9.17) is 0 Å². The van der Waals surface area contributed by atoms with Crippen LogP contribution in [-0.2, 0) is 11.0 Å². The molecule has 3 nitrogen and oxygen atoms in total. The molecule has 1 saturated heterocycles. The first kappa shape index (κ1) is 15.8. The van der Waals surface area contributed by atoms with Gasteiger partial charge in [-0.15, -0.1) is 0 Å². The molecule has 2 rings (SSSR count). The molecule has 1 amide bonds. The van der Waals surface area contributed by atoms with Gasteiger partial charge < -0.3 is 10.2 Å². The number of alkyl halides is 3. The van der Waals surface area contributed by atoms with Gasteiger partial charge in [-0.25, -0.2) is 0 Å². The van der Waals surface area contributed by atoms with Gasteiger partial charge in [0.2, 0.25) is 5.91 Å². The van der Waals surface area contributed by atoms with Crippen molar-refractivity contribution in [3.63, 3.8) is 0 Å². The number of piperidine rings is 1. The molecule has 1 aromatic rings. The zero-order chi connectivity index (χ0) is 15.5.